The maximum atomic E-state index is 11.9. The fourth-order valence-corrected chi connectivity index (χ4v) is 1.86. The molecule has 0 bridgehead atoms. The van der Waals surface area contributed by atoms with Gasteiger partial charge in [-0.25, -0.2) is 4.79 Å². The van der Waals surface area contributed by atoms with Crippen molar-refractivity contribution in [2.75, 3.05) is 33.4 Å². The van der Waals surface area contributed by atoms with Crippen LogP contribution >= 0.6 is 24.0 Å². The molecule has 0 aromatic rings. The van der Waals surface area contributed by atoms with Crippen molar-refractivity contribution in [1.82, 2.24) is 16.0 Å². The minimum Gasteiger partial charge on any atom is -0.444 e. The lowest BCUT2D eigenvalue weighted by Crippen LogP contribution is -2.50. The summed E-state index contributed by atoms with van der Waals surface area (Å²) in [5.41, 5.74) is -0.503. The number of hydrogen-bond acceptors (Lipinski definition) is 4. The molecule has 0 aliphatic carbocycles. The third-order valence-electron chi connectivity index (χ3n) is 3.18. The van der Waals surface area contributed by atoms with Crippen LogP contribution in [0.4, 0.5) is 4.79 Å². The summed E-state index contributed by atoms with van der Waals surface area (Å²) in [6.07, 6.45) is 0.515. The van der Waals surface area contributed by atoms with Crippen molar-refractivity contribution in [2.24, 2.45) is 10.9 Å². The van der Waals surface area contributed by atoms with Crippen LogP contribution in [-0.2, 0) is 9.47 Å². The Balaban J connectivity index is 0. The Labute approximate surface area is 170 Å². The molecular formula is C17H37IN4O3. The normalized spacial score (nSPS) is 13.0. The van der Waals surface area contributed by atoms with Gasteiger partial charge in [0.2, 0.25) is 0 Å². The van der Waals surface area contributed by atoms with E-state index in [2.05, 4.69) is 34.8 Å². The van der Waals surface area contributed by atoms with E-state index >= 15 is 0 Å². The number of hydrogen-bond donors (Lipinski definition) is 3. The van der Waals surface area contributed by atoms with Gasteiger partial charge in [0.15, 0.2) is 5.96 Å². The highest BCUT2D eigenvalue weighted by molar-refractivity contribution is 14.0. The zero-order valence-corrected chi connectivity index (χ0v) is 19.1. The van der Waals surface area contributed by atoms with Crippen molar-refractivity contribution in [2.45, 2.75) is 59.6 Å². The van der Waals surface area contributed by atoms with Gasteiger partial charge in [0.05, 0.1) is 6.04 Å². The molecule has 0 radical (unpaired) electrons. The number of carbonyl (C=O) groups is 1. The van der Waals surface area contributed by atoms with Gasteiger partial charge in [-0.15, -0.1) is 24.0 Å². The molecule has 1 atom stereocenters. The van der Waals surface area contributed by atoms with E-state index < -0.39 is 11.7 Å². The molecule has 1 amide bonds. The Morgan fingerprint density at radius 2 is 1.84 bits per heavy atom. The molecule has 0 rings (SSSR count). The van der Waals surface area contributed by atoms with Crippen molar-refractivity contribution >= 4 is 36.0 Å². The van der Waals surface area contributed by atoms with E-state index in [0.717, 1.165) is 26.2 Å². The predicted octanol–water partition coefficient (Wildman–Crippen LogP) is 2.75. The van der Waals surface area contributed by atoms with Crippen LogP contribution in [0.15, 0.2) is 4.99 Å². The molecule has 150 valence electrons. The standard InChI is InChI=1S/C17H36N4O3.HI/c1-8-23-11-9-10-19-15(18-7)20-12-14(13(2)3)21-16(22)24-17(4,5)6;/h13-14H,8-12H2,1-7H3,(H,21,22)(H2,18,19,20);1H. The number of guanidine groups is 1. The van der Waals surface area contributed by atoms with Crippen LogP contribution in [0.5, 0.6) is 0 Å². The average Bonchev–Trinajstić information content (AvgIpc) is 2.46. The Hall–Kier alpha value is -0.770. The molecule has 0 fully saturated rings. The Bertz CT molecular complexity index is 385. The summed E-state index contributed by atoms with van der Waals surface area (Å²) in [5, 5.41) is 9.38. The third-order valence-corrected chi connectivity index (χ3v) is 3.18. The molecule has 0 saturated carbocycles. The molecule has 0 aromatic heterocycles. The molecular weight excluding hydrogens is 435 g/mol. The first-order chi connectivity index (χ1) is 11.2. The van der Waals surface area contributed by atoms with Crippen LogP contribution in [0.2, 0.25) is 0 Å². The van der Waals surface area contributed by atoms with Crippen LogP contribution in [0.3, 0.4) is 0 Å². The van der Waals surface area contributed by atoms with E-state index in [1.54, 1.807) is 7.05 Å². The van der Waals surface area contributed by atoms with Gasteiger partial charge < -0.3 is 25.4 Å². The number of halogens is 1. The summed E-state index contributed by atoms with van der Waals surface area (Å²) in [7, 11) is 1.73. The number of rotatable bonds is 9. The van der Waals surface area contributed by atoms with E-state index in [1.165, 1.54) is 0 Å². The number of nitrogens with one attached hydrogen (secondary N) is 3. The first-order valence-electron chi connectivity index (χ1n) is 8.71. The van der Waals surface area contributed by atoms with E-state index in [0.29, 0.717) is 12.5 Å². The highest BCUT2D eigenvalue weighted by atomic mass is 127. The van der Waals surface area contributed by atoms with Crippen molar-refractivity contribution < 1.29 is 14.3 Å². The van der Waals surface area contributed by atoms with Gasteiger partial charge in [-0.05, 0) is 40.0 Å². The minimum absolute atomic E-state index is 0. The lowest BCUT2D eigenvalue weighted by molar-refractivity contribution is 0.0491. The number of nitrogens with zero attached hydrogens (tertiary/aromatic N) is 1. The fourth-order valence-electron chi connectivity index (χ4n) is 1.86. The molecule has 8 heteroatoms. The molecule has 1 unspecified atom stereocenters. The molecule has 0 heterocycles. The van der Waals surface area contributed by atoms with Gasteiger partial charge in [0.25, 0.3) is 0 Å². The van der Waals surface area contributed by atoms with Gasteiger partial charge >= 0.3 is 6.09 Å². The zero-order valence-electron chi connectivity index (χ0n) is 16.8. The second kappa shape index (κ2) is 14.4. The van der Waals surface area contributed by atoms with E-state index in [9.17, 15) is 4.79 Å². The average molecular weight is 472 g/mol. The summed E-state index contributed by atoms with van der Waals surface area (Å²) in [6.45, 7) is 14.5. The van der Waals surface area contributed by atoms with Gasteiger partial charge in [0.1, 0.15) is 5.60 Å². The van der Waals surface area contributed by atoms with Crippen LogP contribution in [-0.4, -0.2) is 57.0 Å². The van der Waals surface area contributed by atoms with Crippen molar-refractivity contribution in [3.63, 3.8) is 0 Å². The monoisotopic (exact) mass is 472 g/mol. The topological polar surface area (TPSA) is 84.0 Å². The number of alkyl carbamates (subject to hydrolysis) is 1. The molecule has 7 nitrogen and oxygen atoms in total. The summed E-state index contributed by atoms with van der Waals surface area (Å²) >= 11 is 0. The maximum Gasteiger partial charge on any atom is 0.407 e. The summed E-state index contributed by atoms with van der Waals surface area (Å²) < 4.78 is 10.6. The Morgan fingerprint density at radius 1 is 1.20 bits per heavy atom. The number of carbonyl (C=O) groups excluding carboxylic acids is 1. The molecule has 3 N–H and O–H groups in total. The second-order valence-corrected chi connectivity index (χ2v) is 6.93. The maximum absolute atomic E-state index is 11.9. The van der Waals surface area contributed by atoms with Crippen molar-refractivity contribution in [1.29, 1.82) is 0 Å². The first-order valence-corrected chi connectivity index (χ1v) is 8.71. The molecule has 0 aliphatic rings. The smallest absolute Gasteiger partial charge is 0.407 e. The zero-order chi connectivity index (χ0) is 18.6. The summed E-state index contributed by atoms with van der Waals surface area (Å²) in [5.74, 6) is 0.976. The third kappa shape index (κ3) is 15.2. The summed E-state index contributed by atoms with van der Waals surface area (Å²) in [4.78, 5) is 16.1. The van der Waals surface area contributed by atoms with Gasteiger partial charge in [-0.3, -0.25) is 4.99 Å². The van der Waals surface area contributed by atoms with E-state index in [-0.39, 0.29) is 35.9 Å². The Kier molecular flexibility index (Phi) is 15.2. The molecule has 25 heavy (non-hydrogen) atoms. The largest absolute Gasteiger partial charge is 0.444 e. The lowest BCUT2D eigenvalue weighted by Gasteiger charge is -2.26. The highest BCUT2D eigenvalue weighted by Crippen LogP contribution is 2.08. The lowest BCUT2D eigenvalue weighted by atomic mass is 10.0. The SMILES string of the molecule is CCOCCCNC(=NC)NCC(NC(=O)OC(C)(C)C)C(C)C.I. The van der Waals surface area contributed by atoms with Crippen molar-refractivity contribution in [3.8, 4) is 0 Å². The molecule has 0 saturated heterocycles. The number of amides is 1. The number of ether oxygens (including phenoxy) is 2. The number of aliphatic imine (C=N–C) groups is 1. The van der Waals surface area contributed by atoms with Gasteiger partial charge in [-0.2, -0.15) is 0 Å². The fraction of sp³-hybridized carbons (Fsp3) is 0.882. The van der Waals surface area contributed by atoms with Gasteiger partial charge in [0, 0.05) is 33.4 Å². The van der Waals surface area contributed by atoms with E-state index in [4.69, 9.17) is 9.47 Å². The minimum atomic E-state index is -0.503. The quantitative estimate of drug-likeness (QED) is 0.208. The Morgan fingerprint density at radius 3 is 2.32 bits per heavy atom. The molecule has 0 aromatic carbocycles. The molecule has 0 aliphatic heterocycles. The summed E-state index contributed by atoms with van der Waals surface area (Å²) in [6, 6.07) is -0.0539. The van der Waals surface area contributed by atoms with E-state index in [1.807, 2.05) is 27.7 Å². The highest BCUT2D eigenvalue weighted by Gasteiger charge is 2.21. The van der Waals surface area contributed by atoms with Crippen LogP contribution in [0.1, 0.15) is 48.0 Å². The van der Waals surface area contributed by atoms with Crippen LogP contribution < -0.4 is 16.0 Å². The van der Waals surface area contributed by atoms with Crippen LogP contribution in [0.25, 0.3) is 0 Å². The predicted molar refractivity (Wildman–Crippen MR) is 114 cm³/mol. The van der Waals surface area contributed by atoms with Crippen LogP contribution in [0, 0.1) is 5.92 Å². The molecule has 0 spiro atoms. The first kappa shape index (κ1) is 26.5. The van der Waals surface area contributed by atoms with Crippen molar-refractivity contribution in [3.05, 3.63) is 0 Å². The second-order valence-electron chi connectivity index (χ2n) is 6.93. The van der Waals surface area contributed by atoms with Gasteiger partial charge in [-0.1, -0.05) is 13.8 Å².